The van der Waals surface area contributed by atoms with Crippen LogP contribution in [-0.4, -0.2) is 21.1 Å². The average Bonchev–Trinajstić information content (AvgIpc) is 2.75. The molecule has 2 heterocycles. The Morgan fingerprint density at radius 3 is 2.32 bits per heavy atom. The van der Waals surface area contributed by atoms with E-state index in [0.29, 0.717) is 0 Å². The summed E-state index contributed by atoms with van der Waals surface area (Å²) in [5, 5.41) is 3.37. The van der Waals surface area contributed by atoms with Gasteiger partial charge in [-0.1, -0.05) is 28.6 Å². The normalized spacial score (nSPS) is 15.3. The standard InChI is InChI=1S/C18H22N3S/c1-13-10-15(11-14(2)21(13)19(3)4)12-18-20(5)16-8-6-7-9-17(16)22-18/h6-12H,1-5H3/q+1. The van der Waals surface area contributed by atoms with Crippen molar-refractivity contribution >= 4 is 23.5 Å². The highest BCUT2D eigenvalue weighted by Gasteiger charge is 2.22. The number of pyridine rings is 1. The maximum Gasteiger partial charge on any atom is 0.209 e. The zero-order valence-electron chi connectivity index (χ0n) is 13.8. The van der Waals surface area contributed by atoms with Gasteiger partial charge in [0.05, 0.1) is 24.8 Å². The molecule has 1 aromatic heterocycles. The minimum atomic E-state index is 1.24. The fraction of sp³-hybridized carbons (Fsp3) is 0.278. The third-order valence-corrected chi connectivity index (χ3v) is 5.05. The summed E-state index contributed by atoms with van der Waals surface area (Å²) in [4.78, 5) is 3.58. The highest BCUT2D eigenvalue weighted by molar-refractivity contribution is 8.03. The van der Waals surface area contributed by atoms with E-state index in [-0.39, 0.29) is 0 Å². The number of hydrogen-bond donors (Lipinski definition) is 0. The Hall–Kier alpha value is -1.94. The Morgan fingerprint density at radius 2 is 1.73 bits per heavy atom. The molecule has 0 radical (unpaired) electrons. The second kappa shape index (κ2) is 5.69. The number of benzene rings is 1. The van der Waals surface area contributed by atoms with E-state index in [1.807, 2.05) is 11.8 Å². The van der Waals surface area contributed by atoms with Crippen LogP contribution in [0.15, 0.2) is 46.3 Å². The van der Waals surface area contributed by atoms with Crippen LogP contribution in [-0.2, 0) is 0 Å². The summed E-state index contributed by atoms with van der Waals surface area (Å²) >= 11 is 1.83. The molecule has 1 aliphatic heterocycles. The predicted octanol–water partition coefficient (Wildman–Crippen LogP) is 3.33. The van der Waals surface area contributed by atoms with E-state index in [0.717, 1.165) is 0 Å². The molecular formula is C18H22N3S+. The van der Waals surface area contributed by atoms with E-state index in [2.05, 4.69) is 92.0 Å². The number of para-hydroxylation sites is 1. The van der Waals surface area contributed by atoms with E-state index < -0.39 is 0 Å². The second-order valence-corrected chi connectivity index (χ2v) is 6.90. The Morgan fingerprint density at radius 1 is 1.09 bits per heavy atom. The van der Waals surface area contributed by atoms with Crippen molar-refractivity contribution < 1.29 is 4.68 Å². The molecule has 1 aromatic carbocycles. The van der Waals surface area contributed by atoms with Crippen LogP contribution in [0.1, 0.15) is 17.0 Å². The molecule has 2 aromatic rings. The van der Waals surface area contributed by atoms with Gasteiger partial charge in [0.1, 0.15) is 0 Å². The zero-order chi connectivity index (χ0) is 15.9. The number of anilines is 1. The van der Waals surface area contributed by atoms with Gasteiger partial charge in [0.2, 0.25) is 11.4 Å². The van der Waals surface area contributed by atoms with Crippen molar-refractivity contribution in [2.45, 2.75) is 18.7 Å². The van der Waals surface area contributed by atoms with E-state index in [4.69, 9.17) is 0 Å². The smallest absolute Gasteiger partial charge is 0.209 e. The molecule has 0 unspecified atom stereocenters. The Bertz CT molecular complexity index is 727. The van der Waals surface area contributed by atoms with Crippen LogP contribution in [0.25, 0.3) is 6.08 Å². The van der Waals surface area contributed by atoms with Crippen molar-refractivity contribution in [3.05, 3.63) is 58.4 Å². The molecule has 0 spiro atoms. The van der Waals surface area contributed by atoms with Gasteiger partial charge in [0.25, 0.3) is 0 Å². The monoisotopic (exact) mass is 312 g/mol. The highest BCUT2D eigenvalue weighted by Crippen LogP contribution is 2.45. The van der Waals surface area contributed by atoms with Crippen molar-refractivity contribution in [2.24, 2.45) is 0 Å². The largest absolute Gasteiger partial charge is 0.338 e. The van der Waals surface area contributed by atoms with Crippen molar-refractivity contribution in [3.8, 4) is 0 Å². The predicted molar refractivity (Wildman–Crippen MR) is 94.9 cm³/mol. The van der Waals surface area contributed by atoms with Gasteiger partial charge in [-0.15, -0.1) is 0 Å². The van der Waals surface area contributed by atoms with Crippen LogP contribution < -0.4 is 14.6 Å². The van der Waals surface area contributed by atoms with Crippen LogP contribution in [0.5, 0.6) is 0 Å². The lowest BCUT2D eigenvalue weighted by atomic mass is 10.2. The Balaban J connectivity index is 1.98. The molecule has 0 saturated heterocycles. The molecular weight excluding hydrogens is 290 g/mol. The number of hydrogen-bond acceptors (Lipinski definition) is 3. The van der Waals surface area contributed by atoms with E-state index in [1.165, 1.54) is 32.6 Å². The maximum absolute atomic E-state index is 2.27. The topological polar surface area (TPSA) is 10.4 Å². The molecule has 0 atom stereocenters. The fourth-order valence-corrected chi connectivity index (χ4v) is 4.14. The maximum atomic E-state index is 2.27. The molecule has 0 amide bonds. The number of aromatic nitrogens is 1. The van der Waals surface area contributed by atoms with Crippen molar-refractivity contribution in [2.75, 3.05) is 31.1 Å². The number of nitrogens with zero attached hydrogens (tertiary/aromatic N) is 3. The Labute approximate surface area is 136 Å². The number of aryl methyl sites for hydroxylation is 2. The molecule has 0 N–H and O–H groups in total. The van der Waals surface area contributed by atoms with Crippen LogP contribution in [0.2, 0.25) is 0 Å². The van der Waals surface area contributed by atoms with Crippen molar-refractivity contribution in [1.29, 1.82) is 0 Å². The van der Waals surface area contributed by atoms with Gasteiger partial charge >= 0.3 is 0 Å². The lowest BCUT2D eigenvalue weighted by Gasteiger charge is -2.14. The summed E-state index contributed by atoms with van der Waals surface area (Å²) in [6.07, 6.45) is 2.27. The molecule has 4 heteroatoms. The van der Waals surface area contributed by atoms with Gasteiger partial charge in [-0.05, 0) is 23.8 Å². The fourth-order valence-electron chi connectivity index (χ4n) is 3.03. The summed E-state index contributed by atoms with van der Waals surface area (Å²) in [6.45, 7) is 4.30. The molecule has 0 aliphatic carbocycles. The summed E-state index contributed by atoms with van der Waals surface area (Å²) in [5.41, 5.74) is 5.00. The zero-order valence-corrected chi connectivity index (χ0v) is 14.6. The lowest BCUT2D eigenvalue weighted by molar-refractivity contribution is -0.699. The minimum Gasteiger partial charge on any atom is -0.338 e. The molecule has 3 rings (SSSR count). The summed E-state index contributed by atoms with van der Waals surface area (Å²) in [7, 11) is 6.26. The average molecular weight is 312 g/mol. The summed E-state index contributed by atoms with van der Waals surface area (Å²) in [5.74, 6) is 0. The number of thioether (sulfide) groups is 1. The van der Waals surface area contributed by atoms with Gasteiger partial charge in [-0.25, -0.2) is 0 Å². The first kappa shape index (κ1) is 15.0. The van der Waals surface area contributed by atoms with Crippen LogP contribution in [0.4, 0.5) is 5.69 Å². The molecule has 1 aliphatic rings. The van der Waals surface area contributed by atoms with E-state index in [1.54, 1.807) is 0 Å². The minimum absolute atomic E-state index is 1.24. The quantitative estimate of drug-likeness (QED) is 0.788. The SMILES string of the molecule is Cc1cc(/C=C2\Sc3ccccc3N2C)cc(C)[n+]1N(C)C. The second-order valence-electron chi connectivity index (χ2n) is 5.84. The van der Waals surface area contributed by atoms with Crippen LogP contribution >= 0.6 is 11.8 Å². The molecule has 0 bridgehead atoms. The number of rotatable bonds is 2. The van der Waals surface area contributed by atoms with Gasteiger partial charge in [-0.2, -0.15) is 5.01 Å². The lowest BCUT2D eigenvalue weighted by Crippen LogP contribution is -2.56. The van der Waals surface area contributed by atoms with Gasteiger partial charge < -0.3 is 4.90 Å². The third-order valence-electron chi connectivity index (χ3n) is 3.88. The first-order valence-electron chi connectivity index (χ1n) is 7.40. The molecule has 0 saturated carbocycles. The van der Waals surface area contributed by atoms with Gasteiger partial charge in [0.15, 0.2) is 0 Å². The molecule has 3 nitrogen and oxygen atoms in total. The first-order chi connectivity index (χ1) is 10.5. The van der Waals surface area contributed by atoms with Crippen molar-refractivity contribution in [3.63, 3.8) is 0 Å². The third kappa shape index (κ3) is 2.59. The summed E-state index contributed by atoms with van der Waals surface area (Å²) < 4.78 is 2.21. The van der Waals surface area contributed by atoms with Crippen LogP contribution in [0.3, 0.4) is 0 Å². The molecule has 114 valence electrons. The van der Waals surface area contributed by atoms with Gasteiger partial charge in [0, 0.05) is 37.9 Å². The highest BCUT2D eigenvalue weighted by atomic mass is 32.2. The Kier molecular flexibility index (Phi) is 3.87. The molecule has 0 fully saturated rings. The number of fused-ring (bicyclic) bond motifs is 1. The van der Waals surface area contributed by atoms with Crippen LogP contribution in [0, 0.1) is 13.8 Å². The first-order valence-corrected chi connectivity index (χ1v) is 8.22. The molecule has 22 heavy (non-hydrogen) atoms. The van der Waals surface area contributed by atoms with Gasteiger partial charge in [-0.3, -0.25) is 0 Å². The van der Waals surface area contributed by atoms with Crippen molar-refractivity contribution in [1.82, 2.24) is 0 Å². The summed E-state index contributed by atoms with van der Waals surface area (Å²) in [6, 6.07) is 13.0. The van der Waals surface area contributed by atoms with E-state index >= 15 is 0 Å². The van der Waals surface area contributed by atoms with E-state index in [9.17, 15) is 0 Å².